The average molecular weight is 325 g/mol. The van der Waals surface area contributed by atoms with Crippen molar-refractivity contribution in [1.29, 1.82) is 0 Å². The third-order valence-corrected chi connectivity index (χ3v) is 4.88. The van der Waals surface area contributed by atoms with Gasteiger partial charge in [-0.3, -0.25) is 4.90 Å². The molecular weight excluding hydrogens is 300 g/mol. The van der Waals surface area contributed by atoms with E-state index >= 15 is 0 Å². The Kier molecular flexibility index (Phi) is 5.43. The molecule has 106 valence electrons. The fraction of sp³-hybridized carbons (Fsp3) is 0.625. The van der Waals surface area contributed by atoms with Crippen LogP contribution in [-0.2, 0) is 6.54 Å². The number of nitrogens with one attached hydrogen (secondary N) is 1. The first-order chi connectivity index (χ1) is 9.08. The minimum atomic E-state index is 0.592. The van der Waals surface area contributed by atoms with E-state index in [1.165, 1.54) is 22.9 Å². The zero-order chi connectivity index (χ0) is 13.8. The van der Waals surface area contributed by atoms with E-state index in [9.17, 15) is 0 Å². The minimum absolute atomic E-state index is 0.592. The van der Waals surface area contributed by atoms with Gasteiger partial charge in [0.15, 0.2) is 0 Å². The fourth-order valence-electron chi connectivity index (χ4n) is 2.77. The van der Waals surface area contributed by atoms with Gasteiger partial charge in [0.2, 0.25) is 0 Å². The lowest BCUT2D eigenvalue weighted by atomic mass is 9.78. The van der Waals surface area contributed by atoms with E-state index in [4.69, 9.17) is 0 Å². The van der Waals surface area contributed by atoms with Gasteiger partial charge >= 0.3 is 0 Å². The number of nitrogens with zero attached hydrogens (tertiary/aromatic N) is 1. The van der Waals surface area contributed by atoms with Gasteiger partial charge in [-0.1, -0.05) is 48.0 Å². The van der Waals surface area contributed by atoms with Crippen molar-refractivity contribution >= 4 is 15.9 Å². The van der Waals surface area contributed by atoms with Crippen LogP contribution in [0.2, 0.25) is 0 Å². The third kappa shape index (κ3) is 4.04. The molecule has 0 saturated heterocycles. The smallest absolute Gasteiger partial charge is 0.0244 e. The van der Waals surface area contributed by atoms with Crippen molar-refractivity contribution in [3.63, 3.8) is 0 Å². The van der Waals surface area contributed by atoms with Crippen LogP contribution in [0.5, 0.6) is 0 Å². The average Bonchev–Trinajstić information content (AvgIpc) is 2.30. The molecule has 3 heteroatoms. The molecule has 1 saturated carbocycles. The van der Waals surface area contributed by atoms with Crippen molar-refractivity contribution in [2.45, 2.75) is 45.3 Å². The lowest BCUT2D eigenvalue weighted by Gasteiger charge is -2.43. The lowest BCUT2D eigenvalue weighted by Crippen LogP contribution is -2.49. The van der Waals surface area contributed by atoms with E-state index in [1.807, 2.05) is 0 Å². The number of hydrogen-bond donors (Lipinski definition) is 1. The molecule has 1 aromatic carbocycles. The summed E-state index contributed by atoms with van der Waals surface area (Å²) in [5, 5.41) is 3.57. The van der Waals surface area contributed by atoms with E-state index in [2.05, 4.69) is 71.3 Å². The van der Waals surface area contributed by atoms with E-state index in [0.717, 1.165) is 25.0 Å². The number of benzene rings is 1. The Morgan fingerprint density at radius 2 is 2.05 bits per heavy atom. The first-order valence-electron chi connectivity index (χ1n) is 7.25. The summed E-state index contributed by atoms with van der Waals surface area (Å²) in [5.74, 6) is 0.815. The third-order valence-electron chi connectivity index (χ3n) is 4.11. The standard InChI is InChI=1S/C16H25BrN2/c1-12(2)18-10-13-8-9-16(13)19(3)11-14-6-4-5-7-15(14)17/h4-7,12-13,16,18H,8-11H2,1-3H3. The molecule has 1 fully saturated rings. The zero-order valence-electron chi connectivity index (χ0n) is 12.2. The molecule has 0 radical (unpaired) electrons. The molecule has 2 atom stereocenters. The molecule has 2 rings (SSSR count). The number of rotatable bonds is 6. The molecule has 19 heavy (non-hydrogen) atoms. The lowest BCUT2D eigenvalue weighted by molar-refractivity contribution is 0.0767. The Balaban J connectivity index is 1.86. The highest BCUT2D eigenvalue weighted by molar-refractivity contribution is 9.10. The summed E-state index contributed by atoms with van der Waals surface area (Å²) in [6.07, 6.45) is 2.70. The van der Waals surface area contributed by atoms with Crippen molar-refractivity contribution in [2.75, 3.05) is 13.6 Å². The summed E-state index contributed by atoms with van der Waals surface area (Å²) < 4.78 is 1.22. The molecule has 2 unspecified atom stereocenters. The van der Waals surface area contributed by atoms with Crippen molar-refractivity contribution in [3.05, 3.63) is 34.3 Å². The summed E-state index contributed by atoms with van der Waals surface area (Å²) in [6, 6.07) is 9.86. The van der Waals surface area contributed by atoms with Crippen LogP contribution in [0.4, 0.5) is 0 Å². The molecule has 0 heterocycles. The van der Waals surface area contributed by atoms with Crippen molar-refractivity contribution in [2.24, 2.45) is 5.92 Å². The second kappa shape index (κ2) is 6.87. The van der Waals surface area contributed by atoms with Gasteiger partial charge in [-0.05, 0) is 44.0 Å². The Morgan fingerprint density at radius 3 is 2.63 bits per heavy atom. The second-order valence-corrected chi connectivity index (χ2v) is 6.83. The van der Waals surface area contributed by atoms with E-state index in [0.29, 0.717) is 6.04 Å². The van der Waals surface area contributed by atoms with E-state index in [-0.39, 0.29) is 0 Å². The molecule has 1 aliphatic carbocycles. The highest BCUT2D eigenvalue weighted by Gasteiger charge is 2.33. The van der Waals surface area contributed by atoms with Crippen LogP contribution in [0.15, 0.2) is 28.7 Å². The maximum Gasteiger partial charge on any atom is 0.0244 e. The van der Waals surface area contributed by atoms with Crippen molar-refractivity contribution in [3.8, 4) is 0 Å². The predicted molar refractivity (Wildman–Crippen MR) is 85.3 cm³/mol. The maximum atomic E-state index is 3.64. The van der Waals surface area contributed by atoms with Gasteiger partial charge in [0.05, 0.1) is 0 Å². The summed E-state index contributed by atoms with van der Waals surface area (Å²) in [6.45, 7) is 6.63. The molecule has 1 aromatic rings. The molecule has 0 bridgehead atoms. The van der Waals surface area contributed by atoms with E-state index in [1.54, 1.807) is 0 Å². The largest absolute Gasteiger partial charge is 0.314 e. The molecule has 1 N–H and O–H groups in total. The first kappa shape index (κ1) is 15.0. The monoisotopic (exact) mass is 324 g/mol. The van der Waals surface area contributed by atoms with Gasteiger partial charge in [0, 0.05) is 23.1 Å². The van der Waals surface area contributed by atoms with Gasteiger partial charge in [-0.15, -0.1) is 0 Å². The Bertz CT molecular complexity index is 405. The summed E-state index contributed by atoms with van der Waals surface area (Å²) in [7, 11) is 2.26. The Morgan fingerprint density at radius 1 is 1.32 bits per heavy atom. The highest BCUT2D eigenvalue weighted by Crippen LogP contribution is 2.32. The molecule has 1 aliphatic rings. The zero-order valence-corrected chi connectivity index (χ0v) is 13.8. The maximum absolute atomic E-state index is 3.64. The fourth-order valence-corrected chi connectivity index (χ4v) is 3.18. The highest BCUT2D eigenvalue weighted by atomic mass is 79.9. The summed E-state index contributed by atoms with van der Waals surface area (Å²) >= 11 is 3.64. The molecule has 2 nitrogen and oxygen atoms in total. The van der Waals surface area contributed by atoms with Crippen LogP contribution in [-0.4, -0.2) is 30.6 Å². The van der Waals surface area contributed by atoms with Gasteiger partial charge in [0.1, 0.15) is 0 Å². The van der Waals surface area contributed by atoms with Crippen molar-refractivity contribution < 1.29 is 0 Å². The molecule has 0 aromatic heterocycles. The van der Waals surface area contributed by atoms with Gasteiger partial charge in [-0.2, -0.15) is 0 Å². The second-order valence-electron chi connectivity index (χ2n) is 5.97. The number of hydrogen-bond acceptors (Lipinski definition) is 2. The minimum Gasteiger partial charge on any atom is -0.314 e. The van der Waals surface area contributed by atoms with Gasteiger partial charge in [0.25, 0.3) is 0 Å². The topological polar surface area (TPSA) is 15.3 Å². The molecule has 0 spiro atoms. The first-order valence-corrected chi connectivity index (χ1v) is 8.04. The van der Waals surface area contributed by atoms with Crippen molar-refractivity contribution in [1.82, 2.24) is 10.2 Å². The number of halogens is 1. The van der Waals surface area contributed by atoms with Crippen LogP contribution >= 0.6 is 15.9 Å². The normalized spacial score (nSPS) is 22.8. The van der Waals surface area contributed by atoms with Crippen LogP contribution in [0.3, 0.4) is 0 Å². The molecular formula is C16H25BrN2. The van der Waals surface area contributed by atoms with Crippen LogP contribution in [0.25, 0.3) is 0 Å². The van der Waals surface area contributed by atoms with Gasteiger partial charge < -0.3 is 5.32 Å². The van der Waals surface area contributed by atoms with Crippen LogP contribution in [0.1, 0.15) is 32.3 Å². The summed E-state index contributed by atoms with van der Waals surface area (Å²) in [5.41, 5.74) is 1.38. The Hall–Kier alpha value is -0.380. The van der Waals surface area contributed by atoms with Crippen LogP contribution in [0, 0.1) is 5.92 Å². The SMILES string of the molecule is CC(C)NCC1CCC1N(C)Cc1ccccc1Br. The van der Waals surface area contributed by atoms with Gasteiger partial charge in [-0.25, -0.2) is 0 Å². The molecule has 0 aliphatic heterocycles. The Labute approximate surface area is 125 Å². The quantitative estimate of drug-likeness (QED) is 0.859. The summed E-state index contributed by atoms with van der Waals surface area (Å²) in [4.78, 5) is 2.51. The molecule has 0 amide bonds. The van der Waals surface area contributed by atoms with Crippen LogP contribution < -0.4 is 5.32 Å². The van der Waals surface area contributed by atoms with E-state index < -0.39 is 0 Å². The predicted octanol–water partition coefficient (Wildman–Crippen LogP) is 3.66.